The van der Waals surface area contributed by atoms with Crippen LogP contribution in [0.1, 0.15) is 31.1 Å². The minimum absolute atomic E-state index is 0.269. The van der Waals surface area contributed by atoms with Crippen molar-refractivity contribution in [2.24, 2.45) is 0 Å². The van der Waals surface area contributed by atoms with Crippen molar-refractivity contribution in [1.29, 1.82) is 0 Å². The van der Waals surface area contributed by atoms with Gasteiger partial charge in [-0.3, -0.25) is 0 Å². The van der Waals surface area contributed by atoms with Crippen LogP contribution in [0.25, 0.3) is 10.9 Å². The zero-order valence-corrected chi connectivity index (χ0v) is 12.5. The number of carbonyl (C=O) groups is 2. The van der Waals surface area contributed by atoms with E-state index in [9.17, 15) is 9.59 Å². The molecule has 0 amide bonds. The first-order chi connectivity index (χ1) is 9.74. The number of para-hydroxylation sites is 1. The van der Waals surface area contributed by atoms with Crippen molar-refractivity contribution in [2.75, 3.05) is 12.8 Å². The first-order valence-electron chi connectivity index (χ1n) is 6.46. The standard InChI is InChI=1S/C15H18N2O4/c1-15(2,3)21-14(19)17-8-10(13(18)20-4)9-6-5-7-11(16)12(9)17/h5-8H,16H2,1-4H3. The number of nitrogen functional groups attached to an aromatic ring is 1. The number of hydrogen-bond donors (Lipinski definition) is 1. The minimum Gasteiger partial charge on any atom is -0.465 e. The van der Waals surface area contributed by atoms with Crippen LogP contribution in [0, 0.1) is 0 Å². The molecular weight excluding hydrogens is 272 g/mol. The van der Waals surface area contributed by atoms with Gasteiger partial charge in [0.1, 0.15) is 5.60 Å². The van der Waals surface area contributed by atoms with Crippen molar-refractivity contribution in [3.05, 3.63) is 30.0 Å². The fraction of sp³-hybridized carbons (Fsp3) is 0.333. The van der Waals surface area contributed by atoms with E-state index in [1.54, 1.807) is 39.0 Å². The maximum absolute atomic E-state index is 12.3. The number of anilines is 1. The number of methoxy groups -OCH3 is 1. The molecule has 6 nitrogen and oxygen atoms in total. The highest BCUT2D eigenvalue weighted by Crippen LogP contribution is 2.27. The Morgan fingerprint density at radius 1 is 1.24 bits per heavy atom. The second-order valence-corrected chi connectivity index (χ2v) is 5.63. The van der Waals surface area contributed by atoms with Crippen LogP contribution >= 0.6 is 0 Å². The first kappa shape index (κ1) is 14.9. The van der Waals surface area contributed by atoms with E-state index < -0.39 is 17.7 Å². The summed E-state index contributed by atoms with van der Waals surface area (Å²) in [4.78, 5) is 24.1. The average molecular weight is 290 g/mol. The zero-order chi connectivity index (χ0) is 15.8. The number of aromatic nitrogens is 1. The van der Waals surface area contributed by atoms with E-state index in [1.165, 1.54) is 17.9 Å². The van der Waals surface area contributed by atoms with Gasteiger partial charge in [-0.15, -0.1) is 0 Å². The molecule has 0 aliphatic rings. The summed E-state index contributed by atoms with van der Waals surface area (Å²) in [7, 11) is 1.28. The third-order valence-corrected chi connectivity index (χ3v) is 2.85. The molecule has 112 valence electrons. The molecule has 1 heterocycles. The molecule has 0 radical (unpaired) electrons. The van der Waals surface area contributed by atoms with E-state index in [2.05, 4.69) is 0 Å². The van der Waals surface area contributed by atoms with E-state index in [1.807, 2.05) is 0 Å². The van der Waals surface area contributed by atoms with Crippen LogP contribution in [0.5, 0.6) is 0 Å². The number of nitrogens with zero attached hydrogens (tertiary/aromatic N) is 1. The molecule has 2 aromatic rings. The molecule has 0 saturated carbocycles. The summed E-state index contributed by atoms with van der Waals surface area (Å²) in [6, 6.07) is 5.08. The Morgan fingerprint density at radius 2 is 1.90 bits per heavy atom. The average Bonchev–Trinajstić information content (AvgIpc) is 2.77. The number of nitrogens with two attached hydrogens (primary N) is 1. The summed E-state index contributed by atoms with van der Waals surface area (Å²) >= 11 is 0. The number of hydrogen-bond acceptors (Lipinski definition) is 5. The Labute approximate surface area is 122 Å². The SMILES string of the molecule is COC(=O)c1cn(C(=O)OC(C)(C)C)c2c(N)cccc12. The molecule has 0 fully saturated rings. The summed E-state index contributed by atoms with van der Waals surface area (Å²) in [5.74, 6) is -0.534. The van der Waals surface area contributed by atoms with Crippen molar-refractivity contribution < 1.29 is 19.1 Å². The molecule has 21 heavy (non-hydrogen) atoms. The molecule has 0 aliphatic carbocycles. The van der Waals surface area contributed by atoms with Gasteiger partial charge in [-0.1, -0.05) is 12.1 Å². The Hall–Kier alpha value is -2.50. The number of ether oxygens (including phenoxy) is 2. The molecule has 2 rings (SSSR count). The third-order valence-electron chi connectivity index (χ3n) is 2.85. The Bertz CT molecular complexity index is 710. The summed E-state index contributed by atoms with van der Waals surface area (Å²) in [5.41, 5.74) is 6.37. The van der Waals surface area contributed by atoms with Gasteiger partial charge >= 0.3 is 12.1 Å². The first-order valence-corrected chi connectivity index (χ1v) is 6.46. The monoisotopic (exact) mass is 290 g/mol. The highest BCUT2D eigenvalue weighted by Gasteiger charge is 2.24. The lowest BCUT2D eigenvalue weighted by molar-refractivity contribution is 0.0544. The molecule has 1 aromatic heterocycles. The van der Waals surface area contributed by atoms with Gasteiger partial charge in [0.15, 0.2) is 0 Å². The Kier molecular flexibility index (Phi) is 3.63. The van der Waals surface area contributed by atoms with Crippen LogP contribution in [0.15, 0.2) is 24.4 Å². The van der Waals surface area contributed by atoms with Crippen LogP contribution in [-0.4, -0.2) is 29.3 Å². The normalized spacial score (nSPS) is 11.4. The van der Waals surface area contributed by atoms with Crippen LogP contribution in [-0.2, 0) is 9.47 Å². The van der Waals surface area contributed by atoms with E-state index in [0.29, 0.717) is 16.6 Å². The summed E-state index contributed by atoms with van der Waals surface area (Å²) in [6.07, 6.45) is 0.793. The van der Waals surface area contributed by atoms with Gasteiger partial charge in [0, 0.05) is 11.6 Å². The van der Waals surface area contributed by atoms with Gasteiger partial charge in [-0.25, -0.2) is 14.2 Å². The predicted octanol–water partition coefficient (Wildman–Crippen LogP) is 2.79. The lowest BCUT2D eigenvalue weighted by atomic mass is 10.1. The fourth-order valence-electron chi connectivity index (χ4n) is 2.04. The van der Waals surface area contributed by atoms with Crippen LogP contribution in [0.3, 0.4) is 0 Å². The number of esters is 1. The van der Waals surface area contributed by atoms with Crippen molar-refractivity contribution in [3.63, 3.8) is 0 Å². The Morgan fingerprint density at radius 3 is 2.48 bits per heavy atom. The minimum atomic E-state index is -0.650. The topological polar surface area (TPSA) is 83.5 Å². The lowest BCUT2D eigenvalue weighted by Crippen LogP contribution is -2.27. The van der Waals surface area contributed by atoms with Crippen molar-refractivity contribution >= 4 is 28.7 Å². The largest absolute Gasteiger partial charge is 0.465 e. The van der Waals surface area contributed by atoms with E-state index in [-0.39, 0.29) is 5.56 Å². The van der Waals surface area contributed by atoms with E-state index in [0.717, 1.165) is 0 Å². The summed E-state index contributed by atoms with van der Waals surface area (Å²) < 4.78 is 11.3. The molecular formula is C15H18N2O4. The number of benzene rings is 1. The summed E-state index contributed by atoms with van der Waals surface area (Å²) in [5, 5.41) is 0.549. The van der Waals surface area contributed by atoms with E-state index >= 15 is 0 Å². The van der Waals surface area contributed by atoms with Gasteiger partial charge in [-0.2, -0.15) is 0 Å². The van der Waals surface area contributed by atoms with Crippen molar-refractivity contribution in [3.8, 4) is 0 Å². The molecule has 6 heteroatoms. The van der Waals surface area contributed by atoms with Gasteiger partial charge in [0.2, 0.25) is 0 Å². The van der Waals surface area contributed by atoms with Gasteiger partial charge in [0.05, 0.1) is 23.9 Å². The van der Waals surface area contributed by atoms with Gasteiger partial charge < -0.3 is 15.2 Å². The van der Waals surface area contributed by atoms with Gasteiger partial charge in [0.25, 0.3) is 0 Å². The smallest absolute Gasteiger partial charge is 0.419 e. The summed E-state index contributed by atoms with van der Waals surface area (Å²) in [6.45, 7) is 5.30. The molecule has 0 saturated heterocycles. The highest BCUT2D eigenvalue weighted by molar-refractivity contribution is 6.09. The fourth-order valence-corrected chi connectivity index (χ4v) is 2.04. The second-order valence-electron chi connectivity index (χ2n) is 5.63. The molecule has 0 bridgehead atoms. The van der Waals surface area contributed by atoms with E-state index in [4.69, 9.17) is 15.2 Å². The van der Waals surface area contributed by atoms with Gasteiger partial charge in [-0.05, 0) is 26.8 Å². The molecule has 0 aliphatic heterocycles. The molecule has 1 aromatic carbocycles. The zero-order valence-electron chi connectivity index (χ0n) is 12.5. The maximum atomic E-state index is 12.3. The molecule has 2 N–H and O–H groups in total. The molecule has 0 unspecified atom stereocenters. The van der Waals surface area contributed by atoms with Crippen molar-refractivity contribution in [1.82, 2.24) is 4.57 Å². The molecule has 0 spiro atoms. The lowest BCUT2D eigenvalue weighted by Gasteiger charge is -2.20. The highest BCUT2D eigenvalue weighted by atomic mass is 16.6. The van der Waals surface area contributed by atoms with Crippen LogP contribution in [0.2, 0.25) is 0 Å². The van der Waals surface area contributed by atoms with Crippen LogP contribution in [0.4, 0.5) is 10.5 Å². The molecule has 0 atom stereocenters. The van der Waals surface area contributed by atoms with Crippen molar-refractivity contribution in [2.45, 2.75) is 26.4 Å². The van der Waals surface area contributed by atoms with Crippen LogP contribution < -0.4 is 5.73 Å². The predicted molar refractivity (Wildman–Crippen MR) is 79.3 cm³/mol. The quantitative estimate of drug-likeness (QED) is 0.645. The maximum Gasteiger partial charge on any atom is 0.419 e. The number of rotatable bonds is 1. The Balaban J connectivity index is 2.64. The number of fused-ring (bicyclic) bond motifs is 1. The second kappa shape index (κ2) is 5.12. The number of carbonyl (C=O) groups excluding carboxylic acids is 2. The third kappa shape index (κ3) is 2.84.